The zero-order valence-corrected chi connectivity index (χ0v) is 50.8. The van der Waals surface area contributed by atoms with Crippen LogP contribution in [0.25, 0.3) is 0 Å². The van der Waals surface area contributed by atoms with Crippen LogP contribution in [0.15, 0.2) is 133 Å². The van der Waals surface area contributed by atoms with E-state index in [-0.39, 0.29) is 49.8 Å². The second kappa shape index (κ2) is 33.9. The number of rotatable bonds is 34. The van der Waals surface area contributed by atoms with Crippen LogP contribution in [0.3, 0.4) is 0 Å². The highest BCUT2D eigenvalue weighted by atomic mass is 32.2. The van der Waals surface area contributed by atoms with Gasteiger partial charge >= 0.3 is 0 Å². The van der Waals surface area contributed by atoms with Gasteiger partial charge in [-0.1, -0.05) is 101 Å². The van der Waals surface area contributed by atoms with Crippen LogP contribution in [-0.4, -0.2) is 93.5 Å². The summed E-state index contributed by atoms with van der Waals surface area (Å²) in [5.74, 6) is 9.64. The first kappa shape index (κ1) is 63.5. The van der Waals surface area contributed by atoms with Crippen molar-refractivity contribution in [3.63, 3.8) is 0 Å². The van der Waals surface area contributed by atoms with Crippen LogP contribution in [-0.2, 0) is 42.6 Å². The molecule has 4 atom stereocenters. The Balaban J connectivity index is 0.000000237. The molecular weight excluding hydrogens is 1050 g/mol. The Morgan fingerprint density at radius 3 is 1.17 bits per heavy atom. The van der Waals surface area contributed by atoms with Crippen molar-refractivity contribution in [3.05, 3.63) is 167 Å². The standard InChI is InChI=1S/C36H48O6S.C33H42O6/c1-5-6-22-43-23-8-9-28-11-15-30(16-12-28)39-21-7-10-34-33-20-19-32(42-27-38-4)24-35(33)40-25-36(34,2)29-13-17-31(18-14-29)41-26-37-3;1-5-6-8-25-10-14-27(15-11-25)36-20-7-9-31-30-19-18-29(39-24-35-4)21-32(30)37-22-33(31,2)26-12-16-28(17-13-26)38-23-34-3/h11-20,24,34H,5-10,21-23,25-27H2,1-4H3;10-19,21,31H,5-9,20,22-24H2,1-4H3. The summed E-state index contributed by atoms with van der Waals surface area (Å²) in [7, 11) is 6.48. The van der Waals surface area contributed by atoms with Gasteiger partial charge in [-0.2, -0.15) is 11.8 Å². The van der Waals surface area contributed by atoms with E-state index in [0.29, 0.717) is 26.4 Å². The number of aryl methyl sites for hydroxylation is 2. The van der Waals surface area contributed by atoms with Crippen LogP contribution in [0.5, 0.6) is 46.0 Å². The van der Waals surface area contributed by atoms with E-state index in [0.717, 1.165) is 84.5 Å². The monoisotopic (exact) mass is 1140 g/mol. The molecule has 2 heterocycles. The fourth-order valence-electron chi connectivity index (χ4n) is 10.8. The van der Waals surface area contributed by atoms with E-state index in [4.69, 9.17) is 56.8 Å². The molecule has 0 aromatic heterocycles. The number of benzene rings is 6. The molecule has 82 heavy (non-hydrogen) atoms. The highest BCUT2D eigenvalue weighted by molar-refractivity contribution is 7.99. The highest BCUT2D eigenvalue weighted by Crippen LogP contribution is 2.51. The van der Waals surface area contributed by atoms with E-state index in [2.05, 4.69) is 124 Å². The molecule has 444 valence electrons. The minimum atomic E-state index is -0.224. The second-order valence-corrected chi connectivity index (χ2v) is 22.8. The third-order valence-corrected chi connectivity index (χ3v) is 16.7. The van der Waals surface area contributed by atoms with E-state index in [1.165, 1.54) is 77.0 Å². The Labute approximate surface area is 493 Å². The molecule has 0 spiro atoms. The van der Waals surface area contributed by atoms with Gasteiger partial charge in [-0.05, 0) is 163 Å². The molecule has 2 aliphatic heterocycles. The Kier molecular flexibility index (Phi) is 26.2. The molecule has 2 aliphatic rings. The highest BCUT2D eigenvalue weighted by Gasteiger charge is 2.44. The average Bonchev–Trinajstić information content (AvgIpc) is 3.52. The fourth-order valence-corrected chi connectivity index (χ4v) is 11.9. The molecule has 0 amide bonds. The van der Waals surface area contributed by atoms with Crippen LogP contribution in [0.4, 0.5) is 0 Å². The van der Waals surface area contributed by atoms with Gasteiger partial charge in [0.2, 0.25) is 0 Å². The van der Waals surface area contributed by atoms with Gasteiger partial charge in [0.25, 0.3) is 0 Å². The van der Waals surface area contributed by atoms with Crippen LogP contribution < -0.4 is 37.9 Å². The van der Waals surface area contributed by atoms with Crippen molar-refractivity contribution < 1.29 is 56.8 Å². The maximum atomic E-state index is 6.37. The summed E-state index contributed by atoms with van der Waals surface area (Å²) < 4.78 is 67.9. The number of hydrogen-bond acceptors (Lipinski definition) is 13. The first-order valence-electron chi connectivity index (χ1n) is 29.4. The maximum Gasteiger partial charge on any atom is 0.188 e. The molecule has 4 unspecified atom stereocenters. The molecule has 0 radical (unpaired) electrons. The molecule has 0 fully saturated rings. The predicted octanol–water partition coefficient (Wildman–Crippen LogP) is 15.7. The molecule has 0 aliphatic carbocycles. The van der Waals surface area contributed by atoms with Crippen molar-refractivity contribution in [1.29, 1.82) is 0 Å². The summed E-state index contributed by atoms with van der Waals surface area (Å²) in [5.41, 5.74) is 7.11. The molecule has 0 saturated heterocycles. The van der Waals surface area contributed by atoms with Crippen LogP contribution in [0.1, 0.15) is 131 Å². The Morgan fingerprint density at radius 2 is 0.768 bits per heavy atom. The molecule has 0 saturated carbocycles. The summed E-state index contributed by atoms with van der Waals surface area (Å²) in [4.78, 5) is 0. The Morgan fingerprint density at radius 1 is 0.415 bits per heavy atom. The van der Waals surface area contributed by atoms with Crippen LogP contribution >= 0.6 is 11.8 Å². The van der Waals surface area contributed by atoms with Gasteiger partial charge < -0.3 is 56.8 Å². The Bertz CT molecular complexity index is 2740. The van der Waals surface area contributed by atoms with E-state index in [1.54, 1.807) is 28.4 Å². The summed E-state index contributed by atoms with van der Waals surface area (Å²) in [6.07, 6.45) is 12.3. The lowest BCUT2D eigenvalue weighted by Gasteiger charge is -2.43. The molecule has 0 N–H and O–H groups in total. The van der Waals surface area contributed by atoms with Crippen molar-refractivity contribution in [2.45, 2.75) is 121 Å². The van der Waals surface area contributed by atoms with E-state index < -0.39 is 0 Å². The number of fused-ring (bicyclic) bond motifs is 2. The van der Waals surface area contributed by atoms with Gasteiger partial charge in [-0.25, -0.2) is 0 Å². The lowest BCUT2D eigenvalue weighted by atomic mass is 9.66. The first-order chi connectivity index (χ1) is 40.1. The smallest absolute Gasteiger partial charge is 0.188 e. The minimum Gasteiger partial charge on any atom is -0.494 e. The number of methoxy groups -OCH3 is 4. The maximum absolute atomic E-state index is 6.37. The SMILES string of the molecule is CCCCSCCCc1ccc(OCCCC2c3ccc(OCOC)cc3OCC2(C)c2ccc(OCOC)cc2)cc1.CCCCc1ccc(OCCCC2c3ccc(OCOC)cc3OCC2(C)c2ccc(OCOC)cc2)cc1. The minimum absolute atomic E-state index is 0.202. The summed E-state index contributed by atoms with van der Waals surface area (Å²) in [6.45, 7) is 12.4. The van der Waals surface area contributed by atoms with E-state index in [9.17, 15) is 0 Å². The molecular formula is C69H90O12S. The van der Waals surface area contributed by atoms with Crippen molar-refractivity contribution in [1.82, 2.24) is 0 Å². The zero-order valence-electron chi connectivity index (χ0n) is 50.0. The predicted molar refractivity (Wildman–Crippen MR) is 328 cm³/mol. The zero-order chi connectivity index (χ0) is 57.8. The quantitative estimate of drug-likeness (QED) is 0.0283. The normalized spacial score (nSPS) is 17.9. The number of thioether (sulfide) groups is 1. The van der Waals surface area contributed by atoms with Gasteiger partial charge in [-0.15, -0.1) is 0 Å². The largest absolute Gasteiger partial charge is 0.494 e. The average molecular weight is 1140 g/mol. The number of hydrogen-bond donors (Lipinski definition) is 0. The van der Waals surface area contributed by atoms with Gasteiger partial charge in [0, 0.05) is 63.2 Å². The van der Waals surface area contributed by atoms with Gasteiger partial charge in [-0.3, -0.25) is 0 Å². The third-order valence-electron chi connectivity index (χ3n) is 15.6. The number of ether oxygens (including phenoxy) is 12. The third kappa shape index (κ3) is 18.5. The lowest BCUT2D eigenvalue weighted by molar-refractivity contribution is 0.0504. The molecule has 6 aromatic carbocycles. The second-order valence-electron chi connectivity index (χ2n) is 21.6. The van der Waals surface area contributed by atoms with Crippen molar-refractivity contribution in [2.24, 2.45) is 0 Å². The fraction of sp³-hybridized carbons (Fsp3) is 0.478. The summed E-state index contributed by atoms with van der Waals surface area (Å²) in [5, 5.41) is 0. The molecule has 0 bridgehead atoms. The molecule has 12 nitrogen and oxygen atoms in total. The molecule has 8 rings (SSSR count). The topological polar surface area (TPSA) is 111 Å². The van der Waals surface area contributed by atoms with Crippen LogP contribution in [0, 0.1) is 0 Å². The summed E-state index contributed by atoms with van der Waals surface area (Å²) >= 11 is 2.07. The molecule has 13 heteroatoms. The van der Waals surface area contributed by atoms with Crippen molar-refractivity contribution >= 4 is 11.8 Å². The van der Waals surface area contributed by atoms with Crippen molar-refractivity contribution in [2.75, 3.05) is 93.5 Å². The van der Waals surface area contributed by atoms with E-state index >= 15 is 0 Å². The van der Waals surface area contributed by atoms with Crippen molar-refractivity contribution in [3.8, 4) is 46.0 Å². The number of unbranched alkanes of at least 4 members (excludes halogenated alkanes) is 2. The van der Waals surface area contributed by atoms with Gasteiger partial charge in [0.05, 0.1) is 26.4 Å². The Hall–Kier alpha value is -6.09. The van der Waals surface area contributed by atoms with Gasteiger partial charge in [0.1, 0.15) is 46.0 Å². The summed E-state index contributed by atoms with van der Waals surface area (Å²) in [6, 6.07) is 46.0. The van der Waals surface area contributed by atoms with Crippen LogP contribution in [0.2, 0.25) is 0 Å². The first-order valence-corrected chi connectivity index (χ1v) is 30.5. The lowest BCUT2D eigenvalue weighted by Crippen LogP contribution is -2.40. The van der Waals surface area contributed by atoms with E-state index in [1.807, 2.05) is 48.5 Å². The van der Waals surface area contributed by atoms with Gasteiger partial charge in [0.15, 0.2) is 27.2 Å². The molecule has 6 aromatic rings.